The summed E-state index contributed by atoms with van der Waals surface area (Å²) in [6, 6.07) is 8.65. The number of terminal acetylenes is 1. The minimum Gasteiger partial charge on any atom is -0.444 e. The zero-order chi connectivity index (χ0) is 15.2. The summed E-state index contributed by atoms with van der Waals surface area (Å²) in [5, 5.41) is 0. The van der Waals surface area contributed by atoms with Crippen LogP contribution in [0, 0.1) is 12.3 Å². The lowest BCUT2D eigenvalue weighted by atomic mass is 9.85. The average Bonchev–Trinajstić information content (AvgIpc) is 2.39. The van der Waals surface area contributed by atoms with Crippen LogP contribution in [0.5, 0.6) is 0 Å². The van der Waals surface area contributed by atoms with E-state index >= 15 is 0 Å². The Kier molecular flexibility index (Phi) is 3.09. The SMILES string of the molecule is C#Cc1cccc(N2C[C@@H]3C2CN3C(=O)OC(C)(C)C)c1. The molecule has 0 radical (unpaired) electrons. The highest BCUT2D eigenvalue weighted by atomic mass is 16.6. The number of hydrogen-bond acceptors (Lipinski definition) is 3. The van der Waals surface area contributed by atoms with Crippen LogP contribution in [0.25, 0.3) is 0 Å². The molecule has 0 aliphatic carbocycles. The maximum Gasteiger partial charge on any atom is 0.410 e. The van der Waals surface area contributed by atoms with Gasteiger partial charge in [0, 0.05) is 24.3 Å². The second kappa shape index (κ2) is 4.70. The summed E-state index contributed by atoms with van der Waals surface area (Å²) >= 11 is 0. The number of carbonyl (C=O) groups is 1. The van der Waals surface area contributed by atoms with E-state index in [1.54, 1.807) is 0 Å². The quantitative estimate of drug-likeness (QED) is 0.743. The van der Waals surface area contributed by atoms with Crippen molar-refractivity contribution in [2.45, 2.75) is 38.5 Å². The van der Waals surface area contributed by atoms with Gasteiger partial charge in [-0.3, -0.25) is 4.90 Å². The molecule has 110 valence electrons. The Balaban J connectivity index is 1.61. The van der Waals surface area contributed by atoms with E-state index < -0.39 is 5.60 Å². The molecule has 0 bridgehead atoms. The molecule has 0 aromatic heterocycles. The molecule has 3 rings (SSSR count). The van der Waals surface area contributed by atoms with Crippen LogP contribution in [0.4, 0.5) is 10.5 Å². The Labute approximate surface area is 125 Å². The van der Waals surface area contributed by atoms with Gasteiger partial charge in [0.15, 0.2) is 0 Å². The number of nitrogens with zero attached hydrogens (tertiary/aromatic N) is 2. The van der Waals surface area contributed by atoms with E-state index in [0.717, 1.165) is 24.3 Å². The van der Waals surface area contributed by atoms with Crippen molar-refractivity contribution >= 4 is 11.8 Å². The zero-order valence-corrected chi connectivity index (χ0v) is 12.7. The fourth-order valence-corrected chi connectivity index (χ4v) is 2.86. The maximum absolute atomic E-state index is 12.0. The Morgan fingerprint density at radius 1 is 1.33 bits per heavy atom. The van der Waals surface area contributed by atoms with Crippen molar-refractivity contribution in [3.63, 3.8) is 0 Å². The van der Waals surface area contributed by atoms with Gasteiger partial charge in [0.1, 0.15) is 5.60 Å². The van der Waals surface area contributed by atoms with Crippen LogP contribution in [-0.2, 0) is 4.74 Å². The number of ether oxygens (including phenoxy) is 1. The summed E-state index contributed by atoms with van der Waals surface area (Å²) in [6.45, 7) is 7.24. The van der Waals surface area contributed by atoms with Gasteiger partial charge in [-0.1, -0.05) is 12.0 Å². The third kappa shape index (κ3) is 2.44. The van der Waals surface area contributed by atoms with E-state index in [2.05, 4.69) is 16.9 Å². The third-order valence-corrected chi connectivity index (χ3v) is 3.98. The number of benzene rings is 1. The van der Waals surface area contributed by atoms with E-state index in [4.69, 9.17) is 11.2 Å². The Hall–Kier alpha value is -2.15. The minimum absolute atomic E-state index is 0.208. The van der Waals surface area contributed by atoms with Gasteiger partial charge in [-0.2, -0.15) is 0 Å². The van der Waals surface area contributed by atoms with Crippen molar-refractivity contribution in [2.75, 3.05) is 18.0 Å². The lowest BCUT2D eigenvalue weighted by Gasteiger charge is -2.62. The molecule has 2 aliphatic rings. The lowest BCUT2D eigenvalue weighted by molar-refractivity contribution is -0.0309. The molecule has 0 saturated carbocycles. The number of hydrogen-bond donors (Lipinski definition) is 0. The molecule has 2 atom stereocenters. The van der Waals surface area contributed by atoms with Crippen LogP contribution in [0.1, 0.15) is 26.3 Å². The highest BCUT2D eigenvalue weighted by Crippen LogP contribution is 2.38. The first-order chi connectivity index (χ1) is 9.89. The molecule has 0 N–H and O–H groups in total. The fourth-order valence-electron chi connectivity index (χ4n) is 2.86. The van der Waals surface area contributed by atoms with Gasteiger partial charge in [0.2, 0.25) is 0 Å². The van der Waals surface area contributed by atoms with Gasteiger partial charge in [-0.15, -0.1) is 6.42 Å². The summed E-state index contributed by atoms with van der Waals surface area (Å²) in [5.41, 5.74) is 1.59. The van der Waals surface area contributed by atoms with Crippen molar-refractivity contribution in [3.05, 3.63) is 29.8 Å². The number of anilines is 1. The Bertz CT molecular complexity index is 612. The molecule has 1 amide bonds. The minimum atomic E-state index is -0.438. The zero-order valence-electron chi connectivity index (χ0n) is 12.7. The summed E-state index contributed by atoms with van der Waals surface area (Å²) in [4.78, 5) is 16.1. The molecule has 4 heteroatoms. The molecule has 1 unspecified atom stereocenters. The van der Waals surface area contributed by atoms with Crippen molar-refractivity contribution in [2.24, 2.45) is 0 Å². The summed E-state index contributed by atoms with van der Waals surface area (Å²) in [5.74, 6) is 2.66. The largest absolute Gasteiger partial charge is 0.444 e. The van der Waals surface area contributed by atoms with Crippen molar-refractivity contribution in [1.29, 1.82) is 0 Å². The molecule has 2 saturated heterocycles. The molecular formula is C17H20N2O2. The smallest absolute Gasteiger partial charge is 0.410 e. The first kappa shape index (κ1) is 13.8. The lowest BCUT2D eigenvalue weighted by Crippen LogP contribution is -2.80. The standard InChI is InChI=1S/C17H20N2O2/c1-5-12-7-6-8-13(9-12)18-10-15-14(18)11-19(15)16(20)21-17(2,3)4/h1,6-9,14-15H,10-11H2,2-4H3/t14?,15-/m1/s1. The van der Waals surface area contributed by atoms with E-state index in [0.29, 0.717) is 6.04 Å². The summed E-state index contributed by atoms with van der Waals surface area (Å²) in [6.07, 6.45) is 5.23. The predicted octanol–water partition coefficient (Wildman–Crippen LogP) is 2.48. The van der Waals surface area contributed by atoms with E-state index in [1.165, 1.54) is 0 Å². The Morgan fingerprint density at radius 2 is 2.10 bits per heavy atom. The van der Waals surface area contributed by atoms with E-state index in [1.807, 2.05) is 43.9 Å². The van der Waals surface area contributed by atoms with Crippen molar-refractivity contribution in [3.8, 4) is 12.3 Å². The van der Waals surface area contributed by atoms with Crippen LogP contribution in [-0.4, -0.2) is 41.8 Å². The predicted molar refractivity (Wildman–Crippen MR) is 82.2 cm³/mol. The van der Waals surface area contributed by atoms with Gasteiger partial charge in [0.25, 0.3) is 0 Å². The van der Waals surface area contributed by atoms with Crippen LogP contribution < -0.4 is 4.90 Å². The number of rotatable bonds is 1. The molecule has 4 nitrogen and oxygen atoms in total. The molecule has 1 aromatic carbocycles. The number of fused-ring (bicyclic) bond motifs is 1. The first-order valence-corrected chi connectivity index (χ1v) is 7.22. The second-order valence-corrected chi connectivity index (χ2v) is 6.61. The van der Waals surface area contributed by atoms with Gasteiger partial charge < -0.3 is 9.64 Å². The van der Waals surface area contributed by atoms with Crippen LogP contribution >= 0.6 is 0 Å². The van der Waals surface area contributed by atoms with Crippen LogP contribution in [0.15, 0.2) is 24.3 Å². The highest BCUT2D eigenvalue weighted by Gasteiger charge is 2.54. The summed E-state index contributed by atoms with van der Waals surface area (Å²) in [7, 11) is 0. The number of amides is 1. The molecule has 0 spiro atoms. The number of piperazine rings is 1. The molecule has 2 heterocycles. The van der Waals surface area contributed by atoms with Gasteiger partial charge in [0.05, 0.1) is 12.1 Å². The molecule has 2 aliphatic heterocycles. The van der Waals surface area contributed by atoms with Crippen LogP contribution in [0.2, 0.25) is 0 Å². The average molecular weight is 284 g/mol. The fraction of sp³-hybridized carbons (Fsp3) is 0.471. The molecule has 2 fully saturated rings. The topological polar surface area (TPSA) is 32.8 Å². The molecular weight excluding hydrogens is 264 g/mol. The van der Waals surface area contributed by atoms with Crippen molar-refractivity contribution < 1.29 is 9.53 Å². The van der Waals surface area contributed by atoms with Gasteiger partial charge in [-0.05, 0) is 39.0 Å². The summed E-state index contributed by atoms with van der Waals surface area (Å²) < 4.78 is 5.41. The third-order valence-electron chi connectivity index (χ3n) is 3.98. The monoisotopic (exact) mass is 284 g/mol. The number of likely N-dealkylation sites (tertiary alicyclic amines) is 1. The van der Waals surface area contributed by atoms with E-state index in [-0.39, 0.29) is 12.1 Å². The normalized spacial score (nSPS) is 23.5. The van der Waals surface area contributed by atoms with Crippen molar-refractivity contribution in [1.82, 2.24) is 4.90 Å². The van der Waals surface area contributed by atoms with E-state index in [9.17, 15) is 4.79 Å². The molecule has 1 aromatic rings. The van der Waals surface area contributed by atoms with Gasteiger partial charge in [-0.25, -0.2) is 4.79 Å². The second-order valence-electron chi connectivity index (χ2n) is 6.61. The van der Waals surface area contributed by atoms with Gasteiger partial charge >= 0.3 is 6.09 Å². The highest BCUT2D eigenvalue weighted by molar-refractivity contribution is 5.72. The maximum atomic E-state index is 12.0. The number of carbonyl (C=O) groups excluding carboxylic acids is 1. The molecule has 21 heavy (non-hydrogen) atoms. The first-order valence-electron chi connectivity index (χ1n) is 7.22. The van der Waals surface area contributed by atoms with Crippen LogP contribution in [0.3, 0.4) is 0 Å². The Morgan fingerprint density at radius 3 is 2.67 bits per heavy atom.